The summed E-state index contributed by atoms with van der Waals surface area (Å²) in [6.07, 6.45) is 0. The fourth-order valence-corrected chi connectivity index (χ4v) is 2.86. The van der Waals surface area contributed by atoms with Crippen LogP contribution in [0.2, 0.25) is 5.15 Å². The molecule has 0 bridgehead atoms. The summed E-state index contributed by atoms with van der Waals surface area (Å²) in [5.74, 6) is 1.30. The Hall–Kier alpha value is -1.17. The smallest absolute Gasteiger partial charge is 0.158 e. The highest BCUT2D eigenvalue weighted by molar-refractivity contribution is 7.12. The van der Waals surface area contributed by atoms with E-state index in [0.29, 0.717) is 17.6 Å². The number of nitrogens with zero attached hydrogens (tertiary/aromatic N) is 2. The summed E-state index contributed by atoms with van der Waals surface area (Å²) in [6, 6.07) is 3.90. The van der Waals surface area contributed by atoms with Gasteiger partial charge in [0.05, 0.1) is 6.54 Å². The van der Waals surface area contributed by atoms with Crippen LogP contribution in [0.1, 0.15) is 21.1 Å². The molecule has 0 radical (unpaired) electrons. The van der Waals surface area contributed by atoms with Crippen molar-refractivity contribution in [2.45, 2.75) is 27.0 Å². The minimum Gasteiger partial charge on any atom is -0.377 e. The predicted molar refractivity (Wildman–Crippen MR) is 78.9 cm³/mol. The van der Waals surface area contributed by atoms with Crippen molar-refractivity contribution in [3.05, 3.63) is 38.4 Å². The maximum absolute atomic E-state index is 5.95. The van der Waals surface area contributed by atoms with Gasteiger partial charge in [-0.25, -0.2) is 9.97 Å². The van der Waals surface area contributed by atoms with Crippen molar-refractivity contribution >= 4 is 28.8 Å². The van der Waals surface area contributed by atoms with Crippen LogP contribution in [0.25, 0.3) is 0 Å². The van der Waals surface area contributed by atoms with Gasteiger partial charge in [-0.1, -0.05) is 11.6 Å². The largest absolute Gasteiger partial charge is 0.377 e. The van der Waals surface area contributed by atoms with Gasteiger partial charge in [-0.3, -0.25) is 0 Å². The van der Waals surface area contributed by atoms with Crippen molar-refractivity contribution in [3.63, 3.8) is 0 Å². The van der Waals surface area contributed by atoms with Crippen LogP contribution in [0, 0.1) is 13.8 Å². The van der Waals surface area contributed by atoms with E-state index in [9.17, 15) is 0 Å². The Labute approximate surface area is 121 Å². The first-order valence-electron chi connectivity index (χ1n) is 5.90. The van der Waals surface area contributed by atoms with Gasteiger partial charge in [-0.15, -0.1) is 11.3 Å². The zero-order chi connectivity index (χ0) is 13.8. The summed E-state index contributed by atoms with van der Waals surface area (Å²) < 4.78 is 5.01. The molecule has 0 unspecified atom stereocenters. The van der Waals surface area contributed by atoms with E-state index in [1.165, 1.54) is 15.3 Å². The van der Waals surface area contributed by atoms with Crippen LogP contribution in [0.4, 0.5) is 5.82 Å². The fourth-order valence-electron chi connectivity index (χ4n) is 1.66. The molecule has 0 aliphatic heterocycles. The van der Waals surface area contributed by atoms with E-state index in [2.05, 4.69) is 35.2 Å². The second-order valence-electron chi connectivity index (χ2n) is 4.23. The molecule has 0 aliphatic carbocycles. The lowest BCUT2D eigenvalue weighted by atomic mass is 10.3. The van der Waals surface area contributed by atoms with Gasteiger partial charge in [0.15, 0.2) is 5.82 Å². The summed E-state index contributed by atoms with van der Waals surface area (Å²) in [5.41, 5.74) is 1.32. The Morgan fingerprint density at radius 2 is 2.11 bits per heavy atom. The minimum absolute atomic E-state index is 0.354. The molecular weight excluding hydrogens is 282 g/mol. The molecule has 19 heavy (non-hydrogen) atoms. The van der Waals surface area contributed by atoms with E-state index < -0.39 is 0 Å². The van der Waals surface area contributed by atoms with E-state index in [0.717, 1.165) is 12.4 Å². The number of hydrogen-bond acceptors (Lipinski definition) is 5. The summed E-state index contributed by atoms with van der Waals surface area (Å²) >= 11 is 7.74. The van der Waals surface area contributed by atoms with Gasteiger partial charge in [0, 0.05) is 22.9 Å². The monoisotopic (exact) mass is 297 g/mol. The van der Waals surface area contributed by atoms with Crippen molar-refractivity contribution in [1.29, 1.82) is 0 Å². The van der Waals surface area contributed by atoms with Crippen molar-refractivity contribution in [3.8, 4) is 0 Å². The Bertz CT molecular complexity index is 552. The average Bonchev–Trinajstić information content (AvgIpc) is 2.66. The summed E-state index contributed by atoms with van der Waals surface area (Å²) in [4.78, 5) is 11.1. The molecule has 2 rings (SSSR count). The molecule has 2 aromatic rings. The van der Waals surface area contributed by atoms with Crippen LogP contribution >= 0.6 is 22.9 Å². The Morgan fingerprint density at radius 1 is 1.32 bits per heavy atom. The number of aryl methyl sites for hydroxylation is 2. The molecule has 0 atom stereocenters. The summed E-state index contributed by atoms with van der Waals surface area (Å²) in [7, 11) is 1.61. The first kappa shape index (κ1) is 14.2. The van der Waals surface area contributed by atoms with Crippen molar-refractivity contribution < 1.29 is 4.74 Å². The SMILES string of the molecule is COCc1nc(Cl)cc(NCc2cc(C)c(C)s2)n1. The van der Waals surface area contributed by atoms with Gasteiger partial charge in [0.1, 0.15) is 17.6 Å². The highest BCUT2D eigenvalue weighted by atomic mass is 35.5. The molecule has 0 saturated carbocycles. The van der Waals surface area contributed by atoms with Gasteiger partial charge >= 0.3 is 0 Å². The van der Waals surface area contributed by atoms with Crippen LogP contribution in [0.3, 0.4) is 0 Å². The second kappa shape index (κ2) is 6.32. The fraction of sp³-hybridized carbons (Fsp3) is 0.385. The van der Waals surface area contributed by atoms with Crippen LogP contribution in [-0.4, -0.2) is 17.1 Å². The summed E-state index contributed by atoms with van der Waals surface area (Å²) in [6.45, 7) is 5.33. The number of halogens is 1. The lowest BCUT2D eigenvalue weighted by Crippen LogP contribution is -2.04. The maximum Gasteiger partial charge on any atom is 0.158 e. The van der Waals surface area contributed by atoms with Crippen molar-refractivity contribution in [2.75, 3.05) is 12.4 Å². The Morgan fingerprint density at radius 3 is 2.74 bits per heavy atom. The van der Waals surface area contributed by atoms with Crippen LogP contribution in [0.5, 0.6) is 0 Å². The number of hydrogen-bond donors (Lipinski definition) is 1. The van der Waals surface area contributed by atoms with Crippen molar-refractivity contribution in [1.82, 2.24) is 9.97 Å². The number of thiophene rings is 1. The van der Waals surface area contributed by atoms with Crippen molar-refractivity contribution in [2.24, 2.45) is 0 Å². The lowest BCUT2D eigenvalue weighted by molar-refractivity contribution is 0.178. The molecule has 0 aliphatic rings. The highest BCUT2D eigenvalue weighted by Gasteiger charge is 2.05. The van der Waals surface area contributed by atoms with Gasteiger partial charge in [0.2, 0.25) is 0 Å². The molecule has 4 nitrogen and oxygen atoms in total. The number of anilines is 1. The number of nitrogens with one attached hydrogen (secondary N) is 1. The highest BCUT2D eigenvalue weighted by Crippen LogP contribution is 2.21. The third kappa shape index (κ3) is 3.89. The summed E-state index contributed by atoms with van der Waals surface area (Å²) in [5, 5.41) is 3.68. The van der Waals surface area contributed by atoms with E-state index in [1.807, 2.05) is 0 Å². The minimum atomic E-state index is 0.354. The molecule has 0 saturated heterocycles. The van der Waals surface area contributed by atoms with Gasteiger partial charge < -0.3 is 10.1 Å². The molecule has 0 fully saturated rings. The Balaban J connectivity index is 2.06. The van der Waals surface area contributed by atoms with Gasteiger partial charge in [-0.05, 0) is 25.5 Å². The molecule has 0 aromatic carbocycles. The maximum atomic E-state index is 5.95. The van der Waals surface area contributed by atoms with Crippen LogP contribution < -0.4 is 5.32 Å². The zero-order valence-electron chi connectivity index (χ0n) is 11.2. The first-order valence-corrected chi connectivity index (χ1v) is 7.10. The van der Waals surface area contributed by atoms with Gasteiger partial charge in [0.25, 0.3) is 0 Å². The van der Waals surface area contributed by atoms with Crippen LogP contribution in [0.15, 0.2) is 12.1 Å². The molecule has 1 N–H and O–H groups in total. The third-order valence-corrected chi connectivity index (χ3v) is 4.02. The predicted octanol–water partition coefficient (Wildman–Crippen LogP) is 3.57. The van der Waals surface area contributed by atoms with E-state index in [1.54, 1.807) is 24.5 Å². The molecule has 102 valence electrons. The molecule has 2 heterocycles. The Kier molecular flexibility index (Phi) is 4.74. The quantitative estimate of drug-likeness (QED) is 0.857. The van der Waals surface area contributed by atoms with Gasteiger partial charge in [-0.2, -0.15) is 0 Å². The number of ether oxygens (including phenoxy) is 1. The molecule has 2 aromatic heterocycles. The topological polar surface area (TPSA) is 47.0 Å². The van der Waals surface area contributed by atoms with Crippen LogP contribution in [-0.2, 0) is 17.9 Å². The first-order chi connectivity index (χ1) is 9.08. The zero-order valence-corrected chi connectivity index (χ0v) is 12.7. The molecular formula is C13H16ClN3OS. The molecule has 0 amide bonds. The number of rotatable bonds is 5. The average molecular weight is 298 g/mol. The normalized spacial score (nSPS) is 10.7. The third-order valence-electron chi connectivity index (χ3n) is 2.68. The standard InChI is InChI=1S/C13H16ClN3OS/c1-8-4-10(19-9(8)2)6-15-12-5-11(14)16-13(17-12)7-18-3/h4-5H,6-7H2,1-3H3,(H,15,16,17). The van der Waals surface area contributed by atoms with E-state index in [4.69, 9.17) is 16.3 Å². The molecule has 6 heteroatoms. The number of methoxy groups -OCH3 is 1. The van der Waals surface area contributed by atoms with E-state index >= 15 is 0 Å². The van der Waals surface area contributed by atoms with E-state index in [-0.39, 0.29) is 0 Å². The number of aromatic nitrogens is 2. The molecule has 0 spiro atoms. The lowest BCUT2D eigenvalue weighted by Gasteiger charge is -2.06. The second-order valence-corrected chi connectivity index (χ2v) is 5.96.